The molecule has 1 aromatic heterocycles. The average molecular weight is 333 g/mol. The van der Waals surface area contributed by atoms with Gasteiger partial charge in [0.25, 0.3) is 0 Å². The summed E-state index contributed by atoms with van der Waals surface area (Å²) in [5.41, 5.74) is 7.18. The van der Waals surface area contributed by atoms with Crippen molar-refractivity contribution in [3.63, 3.8) is 0 Å². The number of pyridine rings is 1. The maximum absolute atomic E-state index is 13.5. The summed E-state index contributed by atoms with van der Waals surface area (Å²) < 4.78 is 19.6. The minimum atomic E-state index is -0.379. The molecule has 5 heteroatoms. The molecule has 0 aliphatic carbocycles. The molecule has 20 heavy (non-hydrogen) atoms. The molecule has 2 aromatic carbocycles. The molecule has 0 aliphatic heterocycles. The number of benzene rings is 2. The maximum atomic E-state index is 13.5. The van der Waals surface area contributed by atoms with Crippen LogP contribution in [0, 0.1) is 5.82 Å². The lowest BCUT2D eigenvalue weighted by atomic mass is 10.1. The standard InChI is InChI=1S/C15H10BrFN2O/c16-11-4-3-9(8-12(11)17)20-14-6-5-13(18)10-2-1-7-19-15(10)14/h1-8H,18H2. The van der Waals surface area contributed by atoms with E-state index in [9.17, 15) is 4.39 Å². The van der Waals surface area contributed by atoms with Gasteiger partial charge in [0.15, 0.2) is 5.75 Å². The quantitative estimate of drug-likeness (QED) is 0.702. The first-order valence-electron chi connectivity index (χ1n) is 5.91. The Kier molecular flexibility index (Phi) is 3.28. The van der Waals surface area contributed by atoms with Crippen molar-refractivity contribution in [2.45, 2.75) is 0 Å². The van der Waals surface area contributed by atoms with Crippen LogP contribution in [-0.2, 0) is 0 Å². The predicted octanol–water partition coefficient (Wildman–Crippen LogP) is 4.51. The van der Waals surface area contributed by atoms with Gasteiger partial charge in [0, 0.05) is 23.3 Å². The number of halogens is 2. The van der Waals surface area contributed by atoms with E-state index in [1.165, 1.54) is 6.07 Å². The Hall–Kier alpha value is -2.14. The topological polar surface area (TPSA) is 48.1 Å². The van der Waals surface area contributed by atoms with Gasteiger partial charge < -0.3 is 10.5 Å². The van der Waals surface area contributed by atoms with E-state index in [0.29, 0.717) is 27.2 Å². The van der Waals surface area contributed by atoms with Crippen molar-refractivity contribution in [3.05, 3.63) is 59.0 Å². The third-order valence-electron chi connectivity index (χ3n) is 2.89. The van der Waals surface area contributed by atoms with Crippen LogP contribution in [0.3, 0.4) is 0 Å². The number of aromatic nitrogens is 1. The molecule has 0 unspecified atom stereocenters. The molecule has 0 bridgehead atoms. The van der Waals surface area contributed by atoms with E-state index in [-0.39, 0.29) is 5.82 Å². The minimum absolute atomic E-state index is 0.379. The maximum Gasteiger partial charge on any atom is 0.153 e. The number of fused-ring (bicyclic) bond motifs is 1. The fourth-order valence-electron chi connectivity index (χ4n) is 1.92. The van der Waals surface area contributed by atoms with Crippen molar-refractivity contribution in [2.24, 2.45) is 0 Å². The Labute approximate surface area is 123 Å². The normalized spacial score (nSPS) is 10.7. The number of nitrogens with two attached hydrogens (primary N) is 1. The van der Waals surface area contributed by atoms with Crippen LogP contribution in [0.25, 0.3) is 10.9 Å². The molecule has 2 N–H and O–H groups in total. The van der Waals surface area contributed by atoms with Gasteiger partial charge in [-0.3, -0.25) is 4.98 Å². The van der Waals surface area contributed by atoms with Gasteiger partial charge in [-0.25, -0.2) is 4.39 Å². The predicted molar refractivity (Wildman–Crippen MR) is 80.3 cm³/mol. The summed E-state index contributed by atoms with van der Waals surface area (Å²) in [6.45, 7) is 0. The van der Waals surface area contributed by atoms with E-state index in [4.69, 9.17) is 10.5 Å². The molecular formula is C15H10BrFN2O. The van der Waals surface area contributed by atoms with Crippen LogP contribution in [-0.4, -0.2) is 4.98 Å². The molecule has 3 nitrogen and oxygen atoms in total. The fourth-order valence-corrected chi connectivity index (χ4v) is 2.17. The summed E-state index contributed by atoms with van der Waals surface area (Å²) in [5.74, 6) is 0.564. The average Bonchev–Trinajstić information content (AvgIpc) is 2.46. The van der Waals surface area contributed by atoms with Gasteiger partial charge in [-0.1, -0.05) is 0 Å². The lowest BCUT2D eigenvalue weighted by Gasteiger charge is -2.10. The summed E-state index contributed by atoms with van der Waals surface area (Å²) >= 11 is 3.10. The molecule has 3 rings (SSSR count). The van der Waals surface area contributed by atoms with E-state index >= 15 is 0 Å². The number of hydrogen-bond donors (Lipinski definition) is 1. The van der Waals surface area contributed by atoms with Crippen molar-refractivity contribution in [3.8, 4) is 11.5 Å². The monoisotopic (exact) mass is 332 g/mol. The van der Waals surface area contributed by atoms with Crippen molar-refractivity contribution < 1.29 is 9.13 Å². The summed E-state index contributed by atoms with van der Waals surface area (Å²) in [6.07, 6.45) is 1.66. The summed E-state index contributed by atoms with van der Waals surface area (Å²) in [6, 6.07) is 11.7. The Morgan fingerprint density at radius 3 is 2.80 bits per heavy atom. The van der Waals surface area contributed by atoms with Crippen LogP contribution >= 0.6 is 15.9 Å². The van der Waals surface area contributed by atoms with Gasteiger partial charge in [-0.2, -0.15) is 0 Å². The Morgan fingerprint density at radius 1 is 1.15 bits per heavy atom. The molecular weight excluding hydrogens is 323 g/mol. The molecule has 1 heterocycles. The van der Waals surface area contributed by atoms with Crippen LogP contribution in [0.1, 0.15) is 0 Å². The van der Waals surface area contributed by atoms with E-state index in [1.807, 2.05) is 12.1 Å². The second kappa shape index (κ2) is 5.09. The van der Waals surface area contributed by atoms with Gasteiger partial charge in [0.1, 0.15) is 17.1 Å². The molecule has 100 valence electrons. The zero-order chi connectivity index (χ0) is 14.1. The molecule has 0 saturated carbocycles. The van der Waals surface area contributed by atoms with Crippen molar-refractivity contribution in [1.29, 1.82) is 0 Å². The van der Waals surface area contributed by atoms with Crippen LogP contribution in [0.15, 0.2) is 53.1 Å². The number of hydrogen-bond acceptors (Lipinski definition) is 3. The summed E-state index contributed by atoms with van der Waals surface area (Å²) in [5, 5.41) is 0.808. The number of ether oxygens (including phenoxy) is 1. The molecule has 0 amide bonds. The number of nitrogen functional groups attached to an aromatic ring is 1. The van der Waals surface area contributed by atoms with Gasteiger partial charge in [0.05, 0.1) is 4.47 Å². The lowest BCUT2D eigenvalue weighted by Crippen LogP contribution is -1.92. The Bertz CT molecular complexity index is 792. The van der Waals surface area contributed by atoms with E-state index in [2.05, 4.69) is 20.9 Å². The molecule has 0 fully saturated rings. The highest BCUT2D eigenvalue weighted by Gasteiger charge is 2.08. The van der Waals surface area contributed by atoms with E-state index in [0.717, 1.165) is 5.39 Å². The highest BCUT2D eigenvalue weighted by molar-refractivity contribution is 9.10. The zero-order valence-electron chi connectivity index (χ0n) is 10.3. The number of nitrogens with zero attached hydrogens (tertiary/aromatic N) is 1. The highest BCUT2D eigenvalue weighted by Crippen LogP contribution is 2.32. The van der Waals surface area contributed by atoms with Crippen LogP contribution < -0.4 is 10.5 Å². The Morgan fingerprint density at radius 2 is 2.00 bits per heavy atom. The minimum Gasteiger partial charge on any atom is -0.455 e. The smallest absolute Gasteiger partial charge is 0.153 e. The summed E-state index contributed by atoms with van der Waals surface area (Å²) in [7, 11) is 0. The van der Waals surface area contributed by atoms with Crippen LogP contribution in [0.4, 0.5) is 10.1 Å². The first kappa shape index (κ1) is 12.9. The van der Waals surface area contributed by atoms with E-state index < -0.39 is 0 Å². The van der Waals surface area contributed by atoms with Gasteiger partial charge in [0.2, 0.25) is 0 Å². The molecule has 0 aliphatic rings. The van der Waals surface area contributed by atoms with Crippen LogP contribution in [0.5, 0.6) is 11.5 Å². The van der Waals surface area contributed by atoms with Gasteiger partial charge in [-0.15, -0.1) is 0 Å². The molecule has 3 aromatic rings. The number of rotatable bonds is 2. The van der Waals surface area contributed by atoms with Crippen LogP contribution in [0.2, 0.25) is 0 Å². The van der Waals surface area contributed by atoms with Crippen molar-refractivity contribution in [2.75, 3.05) is 5.73 Å². The van der Waals surface area contributed by atoms with Gasteiger partial charge >= 0.3 is 0 Å². The molecule has 0 spiro atoms. The molecule has 0 radical (unpaired) electrons. The first-order valence-corrected chi connectivity index (χ1v) is 6.70. The molecule has 0 saturated heterocycles. The first-order chi connectivity index (χ1) is 9.65. The fraction of sp³-hybridized carbons (Fsp3) is 0. The molecule has 0 atom stereocenters. The highest BCUT2D eigenvalue weighted by atomic mass is 79.9. The number of anilines is 1. The second-order valence-corrected chi connectivity index (χ2v) is 5.08. The lowest BCUT2D eigenvalue weighted by molar-refractivity contribution is 0.480. The third kappa shape index (κ3) is 2.32. The van der Waals surface area contributed by atoms with Crippen molar-refractivity contribution in [1.82, 2.24) is 4.98 Å². The largest absolute Gasteiger partial charge is 0.455 e. The second-order valence-electron chi connectivity index (χ2n) is 4.23. The zero-order valence-corrected chi connectivity index (χ0v) is 11.9. The summed E-state index contributed by atoms with van der Waals surface area (Å²) in [4.78, 5) is 4.27. The van der Waals surface area contributed by atoms with Crippen molar-refractivity contribution >= 4 is 32.5 Å². The Balaban J connectivity index is 2.06. The SMILES string of the molecule is Nc1ccc(Oc2ccc(Br)c(F)c2)c2ncccc12. The van der Waals surface area contributed by atoms with Gasteiger partial charge in [-0.05, 0) is 52.3 Å². The van der Waals surface area contributed by atoms with E-state index in [1.54, 1.807) is 30.5 Å². The third-order valence-corrected chi connectivity index (χ3v) is 3.53.